The molecule has 0 N–H and O–H groups in total. The summed E-state index contributed by atoms with van der Waals surface area (Å²) in [7, 11) is 0. The van der Waals surface area contributed by atoms with Gasteiger partial charge in [0.25, 0.3) is 0 Å². The van der Waals surface area contributed by atoms with Crippen molar-refractivity contribution in [3.05, 3.63) is 30.7 Å². The summed E-state index contributed by atoms with van der Waals surface area (Å²) in [4.78, 5) is 0. The third-order valence-corrected chi connectivity index (χ3v) is 1.81. The van der Waals surface area contributed by atoms with Gasteiger partial charge >= 0.3 is 0 Å². The molecule has 0 fully saturated rings. The van der Waals surface area contributed by atoms with Crippen LogP contribution < -0.4 is 0 Å². The van der Waals surface area contributed by atoms with Crippen LogP contribution in [0.3, 0.4) is 0 Å². The maximum atomic E-state index is 5.40. The molecule has 3 heteroatoms. The summed E-state index contributed by atoms with van der Waals surface area (Å²) in [6.07, 6.45) is 2.87. The minimum atomic E-state index is -0.373. The average Bonchev–Trinajstić information content (AvgIpc) is 2.69. The predicted molar refractivity (Wildman–Crippen MR) is 54.8 cm³/mol. The van der Waals surface area contributed by atoms with Crippen molar-refractivity contribution in [1.29, 1.82) is 0 Å². The molecule has 1 heterocycles. The minimum Gasteiger partial charge on any atom is -0.472 e. The van der Waals surface area contributed by atoms with E-state index < -0.39 is 0 Å². The Balaban J connectivity index is 2.63. The zero-order chi connectivity index (χ0) is 10.4. The minimum absolute atomic E-state index is 0.373. The van der Waals surface area contributed by atoms with Crippen LogP contribution in [0.15, 0.2) is 29.6 Å². The van der Waals surface area contributed by atoms with Gasteiger partial charge in [-0.25, -0.2) is 0 Å². The Labute approximate surface area is 84.3 Å². The maximum absolute atomic E-state index is 5.40. The summed E-state index contributed by atoms with van der Waals surface area (Å²) >= 11 is 0. The lowest BCUT2D eigenvalue weighted by Gasteiger charge is -2.18. The first-order chi connectivity index (χ1) is 6.79. The Kier molecular flexibility index (Phi) is 4.43. The highest BCUT2D eigenvalue weighted by Gasteiger charge is 2.14. The number of rotatable bonds is 6. The molecule has 1 rings (SSSR count). The Morgan fingerprint density at radius 2 is 2.07 bits per heavy atom. The first-order valence-corrected chi connectivity index (χ1v) is 4.74. The zero-order valence-corrected chi connectivity index (χ0v) is 8.66. The van der Waals surface area contributed by atoms with Gasteiger partial charge in [0, 0.05) is 24.4 Å². The lowest BCUT2D eigenvalue weighted by atomic mass is 10.1. The highest BCUT2D eigenvalue weighted by Crippen LogP contribution is 2.19. The second kappa shape index (κ2) is 5.62. The molecule has 1 aromatic rings. The van der Waals surface area contributed by atoms with Crippen LogP contribution in [-0.4, -0.2) is 19.5 Å². The molecule has 78 valence electrons. The van der Waals surface area contributed by atoms with Crippen molar-refractivity contribution in [2.45, 2.75) is 20.1 Å². The molecule has 0 radical (unpaired) electrons. The molecular weight excluding hydrogens is 180 g/mol. The van der Waals surface area contributed by atoms with Crippen molar-refractivity contribution in [1.82, 2.24) is 0 Å². The van der Waals surface area contributed by atoms with Gasteiger partial charge in [0.05, 0.1) is 12.5 Å². The van der Waals surface area contributed by atoms with Gasteiger partial charge < -0.3 is 13.9 Å². The quantitative estimate of drug-likeness (QED) is 0.655. The standard InChI is InChI=1S/C11H16O3/c1-4-13-11(14-5-2)9(3)10-6-7-12-8-10/h6-8,11H,3-5H2,1-2H3. The normalized spacial score (nSPS) is 10.8. The summed E-state index contributed by atoms with van der Waals surface area (Å²) < 4.78 is 15.8. The Morgan fingerprint density at radius 3 is 2.50 bits per heavy atom. The topological polar surface area (TPSA) is 31.6 Å². The summed E-state index contributed by atoms with van der Waals surface area (Å²) in [5.74, 6) is 0. The smallest absolute Gasteiger partial charge is 0.183 e. The van der Waals surface area contributed by atoms with Gasteiger partial charge in [0.2, 0.25) is 0 Å². The van der Waals surface area contributed by atoms with E-state index in [2.05, 4.69) is 6.58 Å². The average molecular weight is 196 g/mol. The molecule has 0 saturated heterocycles. The fourth-order valence-corrected chi connectivity index (χ4v) is 1.14. The lowest BCUT2D eigenvalue weighted by Crippen LogP contribution is -2.18. The predicted octanol–water partition coefficient (Wildman–Crippen LogP) is 2.69. The van der Waals surface area contributed by atoms with Crippen molar-refractivity contribution in [2.75, 3.05) is 13.2 Å². The van der Waals surface area contributed by atoms with Gasteiger partial charge in [0.15, 0.2) is 6.29 Å². The van der Waals surface area contributed by atoms with E-state index in [1.165, 1.54) is 0 Å². The molecule has 1 aromatic heterocycles. The van der Waals surface area contributed by atoms with Crippen LogP contribution in [-0.2, 0) is 9.47 Å². The van der Waals surface area contributed by atoms with Crippen LogP contribution in [0.5, 0.6) is 0 Å². The summed E-state index contributed by atoms with van der Waals surface area (Å²) in [6.45, 7) is 8.97. The molecule has 0 saturated carbocycles. The zero-order valence-electron chi connectivity index (χ0n) is 8.66. The van der Waals surface area contributed by atoms with E-state index in [9.17, 15) is 0 Å². The van der Waals surface area contributed by atoms with Crippen molar-refractivity contribution in [3.8, 4) is 0 Å². The van der Waals surface area contributed by atoms with E-state index in [0.717, 1.165) is 11.1 Å². The molecular formula is C11H16O3. The number of ether oxygens (including phenoxy) is 2. The van der Waals surface area contributed by atoms with Gasteiger partial charge in [-0.05, 0) is 19.9 Å². The first-order valence-electron chi connectivity index (χ1n) is 4.74. The molecule has 0 aliphatic rings. The lowest BCUT2D eigenvalue weighted by molar-refractivity contribution is -0.0963. The van der Waals surface area contributed by atoms with Gasteiger partial charge in [-0.3, -0.25) is 0 Å². The molecule has 0 aliphatic carbocycles. The van der Waals surface area contributed by atoms with E-state index >= 15 is 0 Å². The van der Waals surface area contributed by atoms with E-state index in [-0.39, 0.29) is 6.29 Å². The number of hydrogen-bond acceptors (Lipinski definition) is 3. The van der Waals surface area contributed by atoms with E-state index in [0.29, 0.717) is 13.2 Å². The molecule has 0 atom stereocenters. The molecule has 14 heavy (non-hydrogen) atoms. The van der Waals surface area contributed by atoms with Gasteiger partial charge in [0.1, 0.15) is 0 Å². The fraction of sp³-hybridized carbons (Fsp3) is 0.455. The van der Waals surface area contributed by atoms with Crippen LogP contribution in [0, 0.1) is 0 Å². The van der Waals surface area contributed by atoms with Gasteiger partial charge in [-0.2, -0.15) is 0 Å². The Hall–Kier alpha value is -1.06. The Morgan fingerprint density at radius 1 is 1.43 bits per heavy atom. The summed E-state index contributed by atoms with van der Waals surface area (Å²) in [5, 5.41) is 0. The van der Waals surface area contributed by atoms with Crippen LogP contribution in [0.4, 0.5) is 0 Å². The van der Waals surface area contributed by atoms with Crippen LogP contribution in [0.2, 0.25) is 0 Å². The summed E-state index contributed by atoms with van der Waals surface area (Å²) in [5.41, 5.74) is 1.71. The molecule has 0 bridgehead atoms. The molecule has 0 unspecified atom stereocenters. The third kappa shape index (κ3) is 2.72. The second-order valence-electron chi connectivity index (χ2n) is 2.78. The monoisotopic (exact) mass is 196 g/mol. The number of furan rings is 1. The first kappa shape index (κ1) is 11.0. The molecule has 0 aliphatic heterocycles. The van der Waals surface area contributed by atoms with Crippen molar-refractivity contribution < 1.29 is 13.9 Å². The van der Waals surface area contributed by atoms with E-state index in [1.807, 2.05) is 19.9 Å². The van der Waals surface area contributed by atoms with Crippen LogP contribution in [0.25, 0.3) is 5.57 Å². The molecule has 0 amide bonds. The van der Waals surface area contributed by atoms with Crippen molar-refractivity contribution in [3.63, 3.8) is 0 Å². The van der Waals surface area contributed by atoms with Crippen molar-refractivity contribution in [2.24, 2.45) is 0 Å². The maximum Gasteiger partial charge on any atom is 0.183 e. The van der Waals surface area contributed by atoms with E-state index in [1.54, 1.807) is 12.5 Å². The molecule has 3 nitrogen and oxygen atoms in total. The highest BCUT2D eigenvalue weighted by molar-refractivity contribution is 5.64. The Bertz CT molecular complexity index is 258. The highest BCUT2D eigenvalue weighted by atomic mass is 16.7. The fourth-order valence-electron chi connectivity index (χ4n) is 1.14. The second-order valence-corrected chi connectivity index (χ2v) is 2.78. The summed E-state index contributed by atoms with van der Waals surface area (Å²) in [6, 6.07) is 1.84. The van der Waals surface area contributed by atoms with Gasteiger partial charge in [-0.15, -0.1) is 0 Å². The third-order valence-electron chi connectivity index (χ3n) is 1.81. The molecule has 0 spiro atoms. The number of hydrogen-bond donors (Lipinski definition) is 0. The largest absolute Gasteiger partial charge is 0.472 e. The van der Waals surface area contributed by atoms with Crippen LogP contribution in [0.1, 0.15) is 19.4 Å². The van der Waals surface area contributed by atoms with E-state index in [4.69, 9.17) is 13.9 Å². The van der Waals surface area contributed by atoms with Crippen molar-refractivity contribution >= 4 is 5.57 Å². The van der Waals surface area contributed by atoms with Crippen LogP contribution >= 0.6 is 0 Å². The SMILES string of the molecule is C=C(c1ccoc1)C(OCC)OCC. The molecule has 0 aromatic carbocycles. The van der Waals surface area contributed by atoms with Gasteiger partial charge in [-0.1, -0.05) is 6.58 Å².